The van der Waals surface area contributed by atoms with Crippen LogP contribution in [-0.4, -0.2) is 5.11 Å². The van der Waals surface area contributed by atoms with E-state index in [1.54, 1.807) is 24.3 Å². The van der Waals surface area contributed by atoms with Crippen molar-refractivity contribution in [2.24, 2.45) is 0 Å². The van der Waals surface area contributed by atoms with Gasteiger partial charge in [-0.2, -0.15) is 0 Å². The Labute approximate surface area is 58.9 Å². The third-order valence-corrected chi connectivity index (χ3v) is 1.35. The fraction of sp³-hybridized carbons (Fsp3) is 0.143. The molecule has 1 aromatic rings. The first-order valence-electron chi connectivity index (χ1n) is 2.68. The van der Waals surface area contributed by atoms with Crippen molar-refractivity contribution in [3.8, 4) is 0 Å². The predicted octanol–water partition coefficient (Wildman–Crippen LogP) is 1.83. The number of aliphatic hydroxyl groups is 1. The maximum atomic E-state index is 8.59. The fourth-order valence-electron chi connectivity index (χ4n) is 0.590. The van der Waals surface area contributed by atoms with Crippen molar-refractivity contribution < 1.29 is 5.11 Å². The molecule has 0 heterocycles. The number of aliphatic hydroxyl groups excluding tert-OH is 1. The molecule has 1 aromatic carbocycles. The van der Waals surface area contributed by atoms with Crippen LogP contribution in [-0.2, 0) is 6.61 Å². The van der Waals surface area contributed by atoms with E-state index in [1.807, 2.05) is 0 Å². The summed E-state index contributed by atoms with van der Waals surface area (Å²) in [4.78, 5) is 0. The molecule has 0 saturated heterocycles. The first-order chi connectivity index (χ1) is 4.33. The molecule has 1 nitrogen and oxygen atoms in total. The molecule has 0 aliphatic carbocycles. The van der Waals surface area contributed by atoms with Crippen LogP contribution in [0, 0.1) is 0 Å². The van der Waals surface area contributed by atoms with Crippen molar-refractivity contribution in [3.05, 3.63) is 34.9 Å². The molecular formula is C7H7ClO. The summed E-state index contributed by atoms with van der Waals surface area (Å²) in [7, 11) is 0. The Morgan fingerprint density at radius 2 is 1.78 bits per heavy atom. The number of rotatable bonds is 1. The van der Waals surface area contributed by atoms with Gasteiger partial charge in [0.2, 0.25) is 0 Å². The Morgan fingerprint density at radius 3 is 2.22 bits per heavy atom. The van der Waals surface area contributed by atoms with Crippen molar-refractivity contribution in [1.82, 2.24) is 0 Å². The highest BCUT2D eigenvalue weighted by Crippen LogP contribution is 2.08. The molecule has 0 fully saturated rings. The zero-order chi connectivity index (χ0) is 6.69. The lowest BCUT2D eigenvalue weighted by Crippen LogP contribution is -1.79. The highest BCUT2D eigenvalue weighted by molar-refractivity contribution is 6.30. The summed E-state index contributed by atoms with van der Waals surface area (Å²) < 4.78 is 0. The molecule has 0 amide bonds. The van der Waals surface area contributed by atoms with Crippen molar-refractivity contribution >= 4 is 11.6 Å². The number of halogens is 1. The van der Waals surface area contributed by atoms with Crippen LogP contribution in [0.15, 0.2) is 24.3 Å². The third kappa shape index (κ3) is 1.70. The van der Waals surface area contributed by atoms with Crippen molar-refractivity contribution in [2.45, 2.75) is 6.61 Å². The second-order valence-corrected chi connectivity index (χ2v) is 2.22. The van der Waals surface area contributed by atoms with Crippen LogP contribution < -0.4 is 0 Å². The van der Waals surface area contributed by atoms with Crippen molar-refractivity contribution in [1.29, 1.82) is 0 Å². The Kier molecular flexibility index (Phi) is 2.09. The van der Waals surface area contributed by atoms with Crippen LogP contribution in [0.5, 0.6) is 0 Å². The molecule has 2 heteroatoms. The van der Waals surface area contributed by atoms with Crippen LogP contribution >= 0.6 is 11.6 Å². The van der Waals surface area contributed by atoms with Gasteiger partial charge in [-0.25, -0.2) is 0 Å². The summed E-state index contributed by atoms with van der Waals surface area (Å²) in [5.74, 6) is 0. The summed E-state index contributed by atoms with van der Waals surface area (Å²) in [6.07, 6.45) is 0. The quantitative estimate of drug-likeness (QED) is 0.644. The zero-order valence-electron chi connectivity index (χ0n) is 4.84. The van der Waals surface area contributed by atoms with E-state index in [2.05, 4.69) is 0 Å². The Morgan fingerprint density at radius 1 is 1.22 bits per heavy atom. The van der Waals surface area contributed by atoms with Crippen LogP contribution in [0.25, 0.3) is 0 Å². The summed E-state index contributed by atoms with van der Waals surface area (Å²) in [5, 5.41) is 9.29. The van der Waals surface area contributed by atoms with Crippen LogP contribution in [0.3, 0.4) is 0 Å². The van der Waals surface area contributed by atoms with Crippen LogP contribution in [0.1, 0.15) is 5.56 Å². The van der Waals surface area contributed by atoms with Gasteiger partial charge < -0.3 is 5.11 Å². The normalized spacial score (nSPS) is 9.56. The van der Waals surface area contributed by atoms with Gasteiger partial charge >= 0.3 is 0 Å². The molecule has 1 rings (SSSR count). The molecular weight excluding hydrogens is 141 g/mol. The smallest absolute Gasteiger partial charge is 0.0681 e. The first kappa shape index (κ1) is 6.59. The molecule has 48 valence electrons. The van der Waals surface area contributed by atoms with Crippen molar-refractivity contribution in [3.63, 3.8) is 0 Å². The van der Waals surface area contributed by atoms with Gasteiger partial charge in [-0.15, -0.1) is 0 Å². The average Bonchev–Trinajstić information content (AvgIpc) is 1.90. The molecule has 9 heavy (non-hydrogen) atoms. The van der Waals surface area contributed by atoms with Gasteiger partial charge in [-0.3, -0.25) is 0 Å². The van der Waals surface area contributed by atoms with E-state index >= 15 is 0 Å². The van der Waals surface area contributed by atoms with Gasteiger partial charge in [0.1, 0.15) is 0 Å². The lowest BCUT2D eigenvalue weighted by atomic mass is 11.0. The fourth-order valence-corrected chi connectivity index (χ4v) is 0.716. The summed E-state index contributed by atoms with van der Waals surface area (Å²) >= 11 is 5.59. The van der Waals surface area contributed by atoms with Crippen LogP contribution in [0.4, 0.5) is 0 Å². The minimum atomic E-state index is 0.0805. The Bertz CT molecular complexity index is 181. The molecule has 0 spiro atoms. The summed E-state index contributed by atoms with van der Waals surface area (Å²) in [5.41, 5.74) is 0.888. The topological polar surface area (TPSA) is 20.2 Å². The second kappa shape index (κ2) is 2.85. The molecule has 0 bridgehead atoms. The van der Waals surface area contributed by atoms with Gasteiger partial charge in [0.05, 0.1) is 6.61 Å². The van der Waals surface area contributed by atoms with E-state index in [1.165, 1.54) is 0 Å². The minimum absolute atomic E-state index is 0.0805. The third-order valence-electron chi connectivity index (χ3n) is 1.10. The monoisotopic (exact) mass is 148 g/mol. The first-order valence-corrected chi connectivity index (χ1v) is 3.06. The standard InChI is InChI=1S/C7H7ClO/c8-7-3-1-6(5-9)2-4-7/h1-4,9H,5H2/i1+1,2+1,3+1,4+1,6+1,7+1. The Hall–Kier alpha value is -0.530. The largest absolute Gasteiger partial charge is 0.392 e. The van der Waals surface area contributed by atoms with Gasteiger partial charge in [-0.05, 0) is 17.7 Å². The molecule has 0 aliphatic rings. The van der Waals surface area contributed by atoms with E-state index in [4.69, 9.17) is 16.7 Å². The van der Waals surface area contributed by atoms with E-state index in [0.29, 0.717) is 5.02 Å². The SMILES string of the molecule is OC[13c]1[13cH][13cH][13c](Cl)[13cH][13cH]1. The highest BCUT2D eigenvalue weighted by atomic mass is 35.5. The number of benzene rings is 1. The van der Waals surface area contributed by atoms with Gasteiger partial charge in [0.15, 0.2) is 0 Å². The van der Waals surface area contributed by atoms with Crippen LogP contribution in [0.2, 0.25) is 5.02 Å². The predicted molar refractivity (Wildman–Crippen MR) is 37.4 cm³/mol. The van der Waals surface area contributed by atoms with Gasteiger partial charge in [-0.1, -0.05) is 23.7 Å². The lowest BCUT2D eigenvalue weighted by molar-refractivity contribution is 0.282. The molecule has 0 aliphatic heterocycles. The highest BCUT2D eigenvalue weighted by Gasteiger charge is 1.87. The maximum Gasteiger partial charge on any atom is 0.0681 e. The second-order valence-electron chi connectivity index (χ2n) is 1.78. The van der Waals surface area contributed by atoms with E-state index in [9.17, 15) is 0 Å². The molecule has 0 aromatic heterocycles. The molecule has 0 unspecified atom stereocenters. The van der Waals surface area contributed by atoms with Crippen molar-refractivity contribution in [2.75, 3.05) is 0 Å². The Balaban J connectivity index is 2.88. The zero-order valence-corrected chi connectivity index (χ0v) is 5.60. The molecule has 0 atom stereocenters. The molecule has 0 saturated carbocycles. The van der Waals surface area contributed by atoms with E-state index in [-0.39, 0.29) is 6.61 Å². The number of hydrogen-bond acceptors (Lipinski definition) is 1. The lowest BCUT2D eigenvalue weighted by Gasteiger charge is -1.92. The number of hydrogen-bond donors (Lipinski definition) is 1. The summed E-state index contributed by atoms with van der Waals surface area (Å²) in [6.45, 7) is 0.0805. The maximum absolute atomic E-state index is 8.59. The molecule has 0 radical (unpaired) electrons. The van der Waals surface area contributed by atoms with E-state index in [0.717, 1.165) is 5.56 Å². The van der Waals surface area contributed by atoms with E-state index < -0.39 is 0 Å². The van der Waals surface area contributed by atoms with Gasteiger partial charge in [0.25, 0.3) is 0 Å². The molecule has 1 N–H and O–H groups in total. The minimum Gasteiger partial charge on any atom is -0.392 e. The van der Waals surface area contributed by atoms with Gasteiger partial charge in [0, 0.05) is 5.02 Å². The average molecular weight is 149 g/mol. The summed E-state index contributed by atoms with van der Waals surface area (Å²) in [6, 6.07) is 7.10.